The normalized spacial score (nSPS) is 12.8. The standard InChI is InChI=1S/C15H12BrNS/c16-14-9-18-8-13(14)15(17)12-7-3-5-10-4-1-2-6-11(10)12/h1-9,15H,17H2. The van der Waals surface area contributed by atoms with Crippen LogP contribution in [0.25, 0.3) is 10.8 Å². The lowest BCUT2D eigenvalue weighted by Gasteiger charge is -2.14. The Balaban J connectivity index is 2.18. The zero-order valence-corrected chi connectivity index (χ0v) is 12.0. The van der Waals surface area contributed by atoms with Crippen molar-refractivity contribution in [1.82, 2.24) is 0 Å². The molecule has 0 aliphatic carbocycles. The van der Waals surface area contributed by atoms with Crippen molar-refractivity contribution in [2.45, 2.75) is 6.04 Å². The molecule has 1 unspecified atom stereocenters. The van der Waals surface area contributed by atoms with Gasteiger partial charge in [0.25, 0.3) is 0 Å². The van der Waals surface area contributed by atoms with Crippen molar-refractivity contribution < 1.29 is 0 Å². The summed E-state index contributed by atoms with van der Waals surface area (Å²) < 4.78 is 1.09. The van der Waals surface area contributed by atoms with Gasteiger partial charge in [0.1, 0.15) is 0 Å². The number of benzene rings is 2. The van der Waals surface area contributed by atoms with E-state index in [1.807, 2.05) is 0 Å². The van der Waals surface area contributed by atoms with Gasteiger partial charge in [-0.2, -0.15) is 11.3 Å². The quantitative estimate of drug-likeness (QED) is 0.727. The summed E-state index contributed by atoms with van der Waals surface area (Å²) in [5.41, 5.74) is 8.73. The molecule has 0 saturated heterocycles. The van der Waals surface area contributed by atoms with Crippen molar-refractivity contribution in [3.63, 3.8) is 0 Å². The molecule has 0 bridgehead atoms. The number of rotatable bonds is 2. The summed E-state index contributed by atoms with van der Waals surface area (Å²) in [7, 11) is 0. The van der Waals surface area contributed by atoms with Crippen molar-refractivity contribution >= 4 is 38.0 Å². The molecule has 1 nitrogen and oxygen atoms in total. The molecule has 0 saturated carbocycles. The largest absolute Gasteiger partial charge is 0.320 e. The molecule has 1 heterocycles. The lowest BCUT2D eigenvalue weighted by molar-refractivity contribution is 0.881. The fourth-order valence-corrected chi connectivity index (χ4v) is 3.78. The number of thiophene rings is 1. The summed E-state index contributed by atoms with van der Waals surface area (Å²) in [5, 5.41) is 6.64. The van der Waals surface area contributed by atoms with Crippen LogP contribution in [0.5, 0.6) is 0 Å². The highest BCUT2D eigenvalue weighted by Gasteiger charge is 2.15. The van der Waals surface area contributed by atoms with Gasteiger partial charge in [-0.15, -0.1) is 0 Å². The van der Waals surface area contributed by atoms with Gasteiger partial charge in [-0.25, -0.2) is 0 Å². The van der Waals surface area contributed by atoms with Gasteiger partial charge in [0.05, 0.1) is 6.04 Å². The molecule has 0 spiro atoms. The highest BCUT2D eigenvalue weighted by atomic mass is 79.9. The van der Waals surface area contributed by atoms with E-state index >= 15 is 0 Å². The zero-order chi connectivity index (χ0) is 12.5. The predicted molar refractivity (Wildman–Crippen MR) is 82.0 cm³/mol. The van der Waals surface area contributed by atoms with Crippen LogP contribution in [0.15, 0.2) is 57.7 Å². The van der Waals surface area contributed by atoms with Gasteiger partial charge < -0.3 is 5.73 Å². The Morgan fingerprint density at radius 3 is 2.50 bits per heavy atom. The van der Waals surface area contributed by atoms with E-state index in [-0.39, 0.29) is 6.04 Å². The van der Waals surface area contributed by atoms with Crippen LogP contribution >= 0.6 is 27.3 Å². The Kier molecular flexibility index (Phi) is 3.20. The SMILES string of the molecule is NC(c1cscc1Br)c1cccc2ccccc12. The Hall–Kier alpha value is -1.16. The predicted octanol–water partition coefficient (Wildman–Crippen LogP) is 4.71. The molecule has 2 N–H and O–H groups in total. The monoisotopic (exact) mass is 317 g/mol. The molecule has 0 amide bonds. The van der Waals surface area contributed by atoms with Gasteiger partial charge >= 0.3 is 0 Å². The van der Waals surface area contributed by atoms with Crippen LogP contribution in [0, 0.1) is 0 Å². The number of hydrogen-bond donors (Lipinski definition) is 1. The molecule has 0 aliphatic heterocycles. The van der Waals surface area contributed by atoms with E-state index in [0.717, 1.165) is 10.0 Å². The molecule has 18 heavy (non-hydrogen) atoms. The summed E-state index contributed by atoms with van der Waals surface area (Å²) in [6.45, 7) is 0. The molecule has 0 fully saturated rings. The van der Waals surface area contributed by atoms with Crippen molar-refractivity contribution in [2.24, 2.45) is 5.73 Å². The zero-order valence-electron chi connectivity index (χ0n) is 9.64. The Bertz CT molecular complexity index is 684. The van der Waals surface area contributed by atoms with Gasteiger partial charge in [-0.3, -0.25) is 0 Å². The molecular formula is C15H12BrNS. The van der Waals surface area contributed by atoms with E-state index in [0.29, 0.717) is 0 Å². The van der Waals surface area contributed by atoms with Gasteiger partial charge in [-0.05, 0) is 43.2 Å². The fraction of sp³-hybridized carbons (Fsp3) is 0.0667. The summed E-state index contributed by atoms with van der Waals surface area (Å²) in [6.07, 6.45) is 0. The molecular weight excluding hydrogens is 306 g/mol. The molecule has 90 valence electrons. The minimum absolute atomic E-state index is 0.0864. The number of fused-ring (bicyclic) bond motifs is 1. The smallest absolute Gasteiger partial charge is 0.0577 e. The Labute approximate surface area is 118 Å². The van der Waals surface area contributed by atoms with E-state index in [1.54, 1.807) is 11.3 Å². The van der Waals surface area contributed by atoms with Crippen LogP contribution in [-0.4, -0.2) is 0 Å². The van der Waals surface area contributed by atoms with Crippen LogP contribution in [0.3, 0.4) is 0 Å². The Morgan fingerprint density at radius 2 is 1.72 bits per heavy atom. The van der Waals surface area contributed by atoms with Crippen molar-refractivity contribution in [2.75, 3.05) is 0 Å². The first-order chi connectivity index (χ1) is 8.77. The first kappa shape index (κ1) is 11.9. The topological polar surface area (TPSA) is 26.0 Å². The Morgan fingerprint density at radius 1 is 0.944 bits per heavy atom. The van der Waals surface area contributed by atoms with Crippen LogP contribution in [0.4, 0.5) is 0 Å². The third-order valence-electron chi connectivity index (χ3n) is 3.14. The lowest BCUT2D eigenvalue weighted by Crippen LogP contribution is -2.11. The number of halogens is 1. The van der Waals surface area contributed by atoms with Gasteiger partial charge in [-0.1, -0.05) is 42.5 Å². The van der Waals surface area contributed by atoms with E-state index in [9.17, 15) is 0 Å². The van der Waals surface area contributed by atoms with Crippen LogP contribution in [0.2, 0.25) is 0 Å². The number of hydrogen-bond acceptors (Lipinski definition) is 2. The summed E-state index contributed by atoms with van der Waals surface area (Å²) in [6, 6.07) is 14.6. The summed E-state index contributed by atoms with van der Waals surface area (Å²) in [5.74, 6) is 0. The molecule has 0 aliphatic rings. The van der Waals surface area contributed by atoms with Gasteiger partial charge in [0, 0.05) is 9.85 Å². The third kappa shape index (κ3) is 1.99. The second kappa shape index (κ2) is 4.84. The first-order valence-corrected chi connectivity index (χ1v) is 7.46. The number of nitrogens with two attached hydrogens (primary N) is 1. The van der Waals surface area contributed by atoms with Crippen molar-refractivity contribution in [1.29, 1.82) is 0 Å². The highest BCUT2D eigenvalue weighted by Crippen LogP contribution is 2.33. The third-order valence-corrected chi connectivity index (χ3v) is 4.89. The van der Waals surface area contributed by atoms with E-state index in [4.69, 9.17) is 5.73 Å². The molecule has 2 aromatic carbocycles. The van der Waals surface area contributed by atoms with Gasteiger partial charge in [0.15, 0.2) is 0 Å². The van der Waals surface area contributed by atoms with Crippen LogP contribution in [0.1, 0.15) is 17.2 Å². The molecule has 1 atom stereocenters. The highest BCUT2D eigenvalue weighted by molar-refractivity contribution is 9.10. The van der Waals surface area contributed by atoms with E-state index < -0.39 is 0 Å². The minimum Gasteiger partial charge on any atom is -0.320 e. The van der Waals surface area contributed by atoms with Crippen LogP contribution < -0.4 is 5.73 Å². The fourth-order valence-electron chi connectivity index (χ4n) is 2.20. The molecule has 1 aromatic heterocycles. The molecule has 3 heteroatoms. The minimum atomic E-state index is -0.0864. The maximum atomic E-state index is 6.40. The van der Waals surface area contributed by atoms with Crippen molar-refractivity contribution in [3.05, 3.63) is 68.8 Å². The summed E-state index contributed by atoms with van der Waals surface area (Å²) in [4.78, 5) is 0. The lowest BCUT2D eigenvalue weighted by atomic mass is 9.96. The van der Waals surface area contributed by atoms with E-state index in [2.05, 4.69) is 69.2 Å². The molecule has 3 aromatic rings. The summed E-state index contributed by atoms with van der Waals surface area (Å²) >= 11 is 5.23. The van der Waals surface area contributed by atoms with Crippen LogP contribution in [-0.2, 0) is 0 Å². The molecule has 0 radical (unpaired) electrons. The second-order valence-corrected chi connectivity index (χ2v) is 5.82. The van der Waals surface area contributed by atoms with E-state index in [1.165, 1.54) is 16.3 Å². The second-order valence-electron chi connectivity index (χ2n) is 4.22. The maximum Gasteiger partial charge on any atom is 0.0577 e. The van der Waals surface area contributed by atoms with Crippen molar-refractivity contribution in [3.8, 4) is 0 Å². The average molecular weight is 318 g/mol. The maximum absolute atomic E-state index is 6.40. The first-order valence-electron chi connectivity index (χ1n) is 5.72. The molecule has 3 rings (SSSR count). The van der Waals surface area contributed by atoms with Gasteiger partial charge in [0.2, 0.25) is 0 Å². The average Bonchev–Trinajstić information content (AvgIpc) is 2.83.